The Morgan fingerprint density at radius 1 is 1.13 bits per heavy atom. The number of nitrogens with zero attached hydrogens (tertiary/aromatic N) is 2. The average molecular weight is 430 g/mol. The standard InChI is InChI=1S/C23H31N3O5/c1-3-23(17-11-7-5-8-12-17)21(29)26(22(30)24-23)15-20(28)31-16-19(27)25(4-2)18-13-9-6-10-14-18/h5,7-8,11-12,18H,3-4,6,9-10,13-16H2,1-2H3,(H,24,30). The first-order valence-electron chi connectivity index (χ1n) is 11.1. The molecule has 1 heterocycles. The molecule has 1 saturated heterocycles. The van der Waals surface area contributed by atoms with Crippen LogP contribution in [0.25, 0.3) is 0 Å². The van der Waals surface area contributed by atoms with Crippen LogP contribution in [0.15, 0.2) is 30.3 Å². The van der Waals surface area contributed by atoms with Gasteiger partial charge in [-0.2, -0.15) is 0 Å². The van der Waals surface area contributed by atoms with Crippen molar-refractivity contribution in [1.29, 1.82) is 0 Å². The molecule has 1 aromatic rings. The highest BCUT2D eigenvalue weighted by Crippen LogP contribution is 2.32. The lowest BCUT2D eigenvalue weighted by molar-refractivity contribution is -0.154. The molecule has 1 atom stereocenters. The fourth-order valence-corrected chi connectivity index (χ4v) is 4.56. The van der Waals surface area contributed by atoms with Crippen molar-refractivity contribution >= 4 is 23.8 Å². The quantitative estimate of drug-likeness (QED) is 0.506. The maximum Gasteiger partial charge on any atom is 0.326 e. The number of ether oxygens (including phenoxy) is 1. The van der Waals surface area contributed by atoms with E-state index in [0.717, 1.165) is 30.6 Å². The van der Waals surface area contributed by atoms with Crippen LogP contribution in [-0.2, 0) is 24.7 Å². The summed E-state index contributed by atoms with van der Waals surface area (Å²) in [6, 6.07) is 8.50. The Bertz CT molecular complexity index is 822. The predicted octanol–water partition coefficient (Wildman–Crippen LogP) is 2.57. The second-order valence-electron chi connectivity index (χ2n) is 8.08. The Kier molecular flexibility index (Phi) is 7.30. The molecule has 1 aliphatic carbocycles. The molecule has 8 nitrogen and oxygen atoms in total. The summed E-state index contributed by atoms with van der Waals surface area (Å²) in [6.45, 7) is 3.36. The van der Waals surface area contributed by atoms with Crippen molar-refractivity contribution in [3.8, 4) is 0 Å². The number of hydrogen-bond donors (Lipinski definition) is 1. The minimum absolute atomic E-state index is 0.187. The molecule has 0 bridgehead atoms. The minimum atomic E-state index is -1.20. The topological polar surface area (TPSA) is 96.0 Å². The third kappa shape index (κ3) is 4.73. The summed E-state index contributed by atoms with van der Waals surface area (Å²) >= 11 is 0. The molecule has 2 fully saturated rings. The van der Waals surface area contributed by atoms with Crippen molar-refractivity contribution in [1.82, 2.24) is 15.1 Å². The van der Waals surface area contributed by atoms with Gasteiger partial charge in [0.15, 0.2) is 6.61 Å². The number of likely N-dealkylation sites (N-methyl/N-ethyl adjacent to an activating group) is 1. The van der Waals surface area contributed by atoms with E-state index in [2.05, 4.69) is 5.32 Å². The van der Waals surface area contributed by atoms with Crippen molar-refractivity contribution in [2.45, 2.75) is 64.0 Å². The Balaban J connectivity index is 1.59. The van der Waals surface area contributed by atoms with Gasteiger partial charge in [0.1, 0.15) is 12.1 Å². The lowest BCUT2D eigenvalue weighted by Crippen LogP contribution is -2.45. The maximum absolute atomic E-state index is 13.1. The molecule has 1 unspecified atom stereocenters. The molecular weight excluding hydrogens is 398 g/mol. The van der Waals surface area contributed by atoms with Gasteiger partial charge in [0, 0.05) is 12.6 Å². The molecule has 0 aromatic heterocycles. The van der Waals surface area contributed by atoms with Gasteiger partial charge in [0.2, 0.25) is 0 Å². The van der Waals surface area contributed by atoms with E-state index < -0.39 is 30.0 Å². The molecule has 1 saturated carbocycles. The van der Waals surface area contributed by atoms with E-state index in [4.69, 9.17) is 4.74 Å². The number of hydrogen-bond acceptors (Lipinski definition) is 5. The van der Waals surface area contributed by atoms with Crippen LogP contribution in [0.3, 0.4) is 0 Å². The van der Waals surface area contributed by atoms with Crippen LogP contribution in [0.4, 0.5) is 4.79 Å². The van der Waals surface area contributed by atoms with Crippen molar-refractivity contribution in [2.24, 2.45) is 0 Å². The van der Waals surface area contributed by atoms with Gasteiger partial charge in [-0.25, -0.2) is 4.79 Å². The summed E-state index contributed by atoms with van der Waals surface area (Å²) in [4.78, 5) is 53.1. The van der Waals surface area contributed by atoms with E-state index in [1.165, 1.54) is 6.42 Å². The van der Waals surface area contributed by atoms with Crippen LogP contribution in [0.2, 0.25) is 0 Å². The predicted molar refractivity (Wildman–Crippen MR) is 114 cm³/mol. The van der Waals surface area contributed by atoms with E-state index in [1.807, 2.05) is 13.0 Å². The lowest BCUT2D eigenvalue weighted by atomic mass is 9.87. The van der Waals surface area contributed by atoms with Crippen LogP contribution >= 0.6 is 0 Å². The molecule has 8 heteroatoms. The average Bonchev–Trinajstić information content (AvgIpc) is 3.04. The number of amides is 4. The monoisotopic (exact) mass is 429 g/mol. The van der Waals surface area contributed by atoms with Crippen LogP contribution < -0.4 is 5.32 Å². The molecule has 31 heavy (non-hydrogen) atoms. The van der Waals surface area contributed by atoms with Gasteiger partial charge in [-0.3, -0.25) is 19.3 Å². The third-order valence-corrected chi connectivity index (χ3v) is 6.29. The van der Waals surface area contributed by atoms with Crippen LogP contribution in [0, 0.1) is 0 Å². The first-order chi connectivity index (χ1) is 14.9. The molecule has 2 aliphatic rings. The molecule has 1 aliphatic heterocycles. The third-order valence-electron chi connectivity index (χ3n) is 6.29. The molecule has 0 radical (unpaired) electrons. The number of esters is 1. The normalized spacial score (nSPS) is 21.7. The first kappa shape index (κ1) is 22.8. The van der Waals surface area contributed by atoms with Crippen molar-refractivity contribution in [3.63, 3.8) is 0 Å². The Labute approximate surface area is 182 Å². The molecule has 1 aromatic carbocycles. The van der Waals surface area contributed by atoms with E-state index in [1.54, 1.807) is 36.1 Å². The summed E-state index contributed by atoms with van der Waals surface area (Å²) < 4.78 is 5.14. The van der Waals surface area contributed by atoms with E-state index in [-0.39, 0.29) is 18.6 Å². The first-order valence-corrected chi connectivity index (χ1v) is 11.1. The number of nitrogens with one attached hydrogen (secondary N) is 1. The van der Waals surface area contributed by atoms with Gasteiger partial charge in [-0.05, 0) is 31.7 Å². The van der Waals surface area contributed by atoms with Crippen LogP contribution in [0.5, 0.6) is 0 Å². The number of carbonyl (C=O) groups excluding carboxylic acids is 4. The number of rotatable bonds is 8. The molecule has 4 amide bonds. The SMILES string of the molecule is CCN(C(=O)COC(=O)CN1C(=O)NC(CC)(c2ccccc2)C1=O)C1CCCCC1. The molecule has 0 spiro atoms. The van der Waals surface area contributed by atoms with Crippen molar-refractivity contribution in [3.05, 3.63) is 35.9 Å². The summed E-state index contributed by atoms with van der Waals surface area (Å²) in [5.74, 6) is -1.52. The summed E-state index contributed by atoms with van der Waals surface area (Å²) in [5.41, 5.74) is -0.540. The number of benzene rings is 1. The van der Waals surface area contributed by atoms with Crippen molar-refractivity contribution < 1.29 is 23.9 Å². The summed E-state index contributed by atoms with van der Waals surface area (Å²) in [5, 5.41) is 2.73. The summed E-state index contributed by atoms with van der Waals surface area (Å²) in [6.07, 6.45) is 5.66. The van der Waals surface area contributed by atoms with Gasteiger partial charge in [-0.1, -0.05) is 56.5 Å². The number of urea groups is 1. The lowest BCUT2D eigenvalue weighted by Gasteiger charge is -2.33. The highest BCUT2D eigenvalue weighted by molar-refractivity contribution is 6.09. The Hall–Kier alpha value is -2.90. The molecular formula is C23H31N3O5. The highest BCUT2D eigenvalue weighted by Gasteiger charge is 2.51. The Morgan fingerprint density at radius 2 is 1.81 bits per heavy atom. The maximum atomic E-state index is 13.1. The second kappa shape index (κ2) is 9.94. The zero-order chi connectivity index (χ0) is 22.4. The van der Waals surface area contributed by atoms with Crippen LogP contribution in [-0.4, -0.2) is 59.4 Å². The minimum Gasteiger partial charge on any atom is -0.454 e. The molecule has 168 valence electrons. The zero-order valence-corrected chi connectivity index (χ0v) is 18.3. The fourth-order valence-electron chi connectivity index (χ4n) is 4.56. The van der Waals surface area contributed by atoms with Crippen molar-refractivity contribution in [2.75, 3.05) is 19.7 Å². The smallest absolute Gasteiger partial charge is 0.326 e. The highest BCUT2D eigenvalue weighted by atomic mass is 16.5. The largest absolute Gasteiger partial charge is 0.454 e. The second-order valence-corrected chi connectivity index (χ2v) is 8.08. The van der Waals surface area contributed by atoms with Gasteiger partial charge >= 0.3 is 12.0 Å². The van der Waals surface area contributed by atoms with E-state index in [0.29, 0.717) is 18.5 Å². The Morgan fingerprint density at radius 3 is 2.42 bits per heavy atom. The molecule has 3 rings (SSSR count). The van der Waals surface area contributed by atoms with Gasteiger partial charge in [0.25, 0.3) is 11.8 Å². The van der Waals surface area contributed by atoms with E-state index >= 15 is 0 Å². The number of carbonyl (C=O) groups is 4. The van der Waals surface area contributed by atoms with Crippen LogP contribution in [0.1, 0.15) is 57.9 Å². The van der Waals surface area contributed by atoms with Gasteiger partial charge in [-0.15, -0.1) is 0 Å². The van der Waals surface area contributed by atoms with Gasteiger partial charge < -0.3 is 15.0 Å². The summed E-state index contributed by atoms with van der Waals surface area (Å²) in [7, 11) is 0. The fraction of sp³-hybridized carbons (Fsp3) is 0.565. The molecule has 1 N–H and O–H groups in total. The van der Waals surface area contributed by atoms with Gasteiger partial charge in [0.05, 0.1) is 0 Å². The zero-order valence-electron chi connectivity index (χ0n) is 18.3. The van der Waals surface area contributed by atoms with E-state index in [9.17, 15) is 19.2 Å². The number of imide groups is 1.